The quantitative estimate of drug-likeness (QED) is 0.632. The van der Waals surface area contributed by atoms with Crippen molar-refractivity contribution in [3.05, 3.63) is 0 Å². The summed E-state index contributed by atoms with van der Waals surface area (Å²) in [5.74, 6) is 0. The zero-order valence-corrected chi connectivity index (χ0v) is 7.84. The molecule has 0 bridgehead atoms. The van der Waals surface area contributed by atoms with E-state index in [1.807, 2.05) is 7.11 Å². The predicted molar refractivity (Wildman–Crippen MR) is 47.2 cm³/mol. The second kappa shape index (κ2) is 3.35. The normalized spacial score (nSPS) is 34.2. The van der Waals surface area contributed by atoms with Crippen LogP contribution in [0, 0.1) is 0 Å². The van der Waals surface area contributed by atoms with Crippen molar-refractivity contribution in [3.8, 4) is 0 Å². The maximum atomic E-state index is 5.71. The summed E-state index contributed by atoms with van der Waals surface area (Å²) >= 11 is 0. The first kappa shape index (κ1) is 8.52. The van der Waals surface area contributed by atoms with Crippen LogP contribution in [0.5, 0.6) is 0 Å². The summed E-state index contributed by atoms with van der Waals surface area (Å²) in [6, 6.07) is 0. The molecule has 2 nitrogen and oxygen atoms in total. The predicted octanol–water partition coefficient (Wildman–Crippen LogP) is 2.12. The second-order valence-electron chi connectivity index (χ2n) is 3.98. The Morgan fingerprint density at radius 3 is 2.50 bits per heavy atom. The molecule has 1 aliphatic heterocycles. The highest BCUT2D eigenvalue weighted by atomic mass is 16.5. The number of rotatable bonds is 2. The van der Waals surface area contributed by atoms with Gasteiger partial charge in [0, 0.05) is 13.7 Å². The molecule has 0 aromatic heterocycles. The lowest BCUT2D eigenvalue weighted by Crippen LogP contribution is -2.41. The van der Waals surface area contributed by atoms with Gasteiger partial charge in [0.15, 0.2) is 0 Å². The molecule has 1 unspecified atom stereocenters. The first-order valence-corrected chi connectivity index (χ1v) is 5.04. The molecule has 0 aromatic rings. The van der Waals surface area contributed by atoms with Crippen LogP contribution in [0.15, 0.2) is 0 Å². The highest BCUT2D eigenvalue weighted by Gasteiger charge is 2.43. The van der Waals surface area contributed by atoms with Crippen LogP contribution in [0.4, 0.5) is 0 Å². The topological polar surface area (TPSA) is 18.5 Å². The van der Waals surface area contributed by atoms with Gasteiger partial charge in [-0.2, -0.15) is 0 Å². The molecule has 0 amide bonds. The van der Waals surface area contributed by atoms with Crippen LogP contribution < -0.4 is 0 Å². The minimum atomic E-state index is 0.0938. The molecule has 2 heteroatoms. The molecule has 0 aromatic carbocycles. The summed E-state index contributed by atoms with van der Waals surface area (Å²) in [4.78, 5) is 0. The fourth-order valence-corrected chi connectivity index (χ4v) is 2.62. The van der Waals surface area contributed by atoms with Crippen molar-refractivity contribution in [2.45, 2.75) is 50.2 Å². The highest BCUT2D eigenvalue weighted by Crippen LogP contribution is 2.40. The summed E-state index contributed by atoms with van der Waals surface area (Å²) in [5, 5.41) is 0. The molecule has 1 saturated heterocycles. The van der Waals surface area contributed by atoms with Crippen molar-refractivity contribution >= 4 is 0 Å². The standard InChI is InChI=1S/C10H18O2/c1-11-10(6-2-3-7-10)9-5-4-8-12-9/h9H,2-8H2,1H3. The van der Waals surface area contributed by atoms with Gasteiger partial charge >= 0.3 is 0 Å². The van der Waals surface area contributed by atoms with E-state index in [4.69, 9.17) is 9.47 Å². The SMILES string of the molecule is COC1(C2CCCO2)CCCC1. The van der Waals surface area contributed by atoms with Crippen LogP contribution in [-0.2, 0) is 9.47 Å². The molecule has 0 N–H and O–H groups in total. The van der Waals surface area contributed by atoms with Crippen LogP contribution >= 0.6 is 0 Å². The molecule has 0 radical (unpaired) electrons. The van der Waals surface area contributed by atoms with Crippen molar-refractivity contribution < 1.29 is 9.47 Å². The Labute approximate surface area is 74.2 Å². The van der Waals surface area contributed by atoms with Crippen molar-refractivity contribution in [2.75, 3.05) is 13.7 Å². The van der Waals surface area contributed by atoms with Crippen LogP contribution in [-0.4, -0.2) is 25.4 Å². The fraction of sp³-hybridized carbons (Fsp3) is 1.00. The number of hydrogen-bond donors (Lipinski definition) is 0. The Morgan fingerprint density at radius 1 is 1.25 bits per heavy atom. The van der Waals surface area contributed by atoms with Crippen molar-refractivity contribution in [2.24, 2.45) is 0 Å². The molecule has 1 heterocycles. The highest BCUT2D eigenvalue weighted by molar-refractivity contribution is 4.95. The molecule has 1 atom stereocenters. The average molecular weight is 170 g/mol. The van der Waals surface area contributed by atoms with Gasteiger partial charge in [-0.1, -0.05) is 12.8 Å². The van der Waals surface area contributed by atoms with Crippen LogP contribution in [0.2, 0.25) is 0 Å². The lowest BCUT2D eigenvalue weighted by molar-refractivity contribution is -0.105. The first-order valence-electron chi connectivity index (χ1n) is 5.04. The molecule has 1 saturated carbocycles. The lowest BCUT2D eigenvalue weighted by Gasteiger charge is -2.33. The molecule has 12 heavy (non-hydrogen) atoms. The van der Waals surface area contributed by atoms with E-state index < -0.39 is 0 Å². The average Bonchev–Trinajstić information content (AvgIpc) is 2.76. The van der Waals surface area contributed by atoms with Crippen LogP contribution in [0.3, 0.4) is 0 Å². The molecule has 70 valence electrons. The lowest BCUT2D eigenvalue weighted by atomic mass is 9.92. The van der Waals surface area contributed by atoms with E-state index in [2.05, 4.69) is 0 Å². The molecule has 2 aliphatic rings. The van der Waals surface area contributed by atoms with Crippen LogP contribution in [0.25, 0.3) is 0 Å². The van der Waals surface area contributed by atoms with E-state index in [0.29, 0.717) is 6.10 Å². The van der Waals surface area contributed by atoms with Gasteiger partial charge in [0.05, 0.1) is 11.7 Å². The van der Waals surface area contributed by atoms with Crippen molar-refractivity contribution in [3.63, 3.8) is 0 Å². The summed E-state index contributed by atoms with van der Waals surface area (Å²) in [7, 11) is 1.84. The van der Waals surface area contributed by atoms with E-state index in [-0.39, 0.29) is 5.60 Å². The summed E-state index contributed by atoms with van der Waals surface area (Å²) in [5.41, 5.74) is 0.0938. The molecule has 1 aliphatic carbocycles. The molecule has 2 rings (SSSR count). The Kier molecular flexibility index (Phi) is 2.37. The monoisotopic (exact) mass is 170 g/mol. The summed E-state index contributed by atoms with van der Waals surface area (Å²) < 4.78 is 11.4. The van der Waals surface area contributed by atoms with Crippen molar-refractivity contribution in [1.82, 2.24) is 0 Å². The summed E-state index contributed by atoms with van der Waals surface area (Å²) in [6.45, 7) is 0.940. The molecule has 2 fully saturated rings. The molecular weight excluding hydrogens is 152 g/mol. The number of methoxy groups -OCH3 is 1. The van der Waals surface area contributed by atoms with Crippen molar-refractivity contribution in [1.29, 1.82) is 0 Å². The van der Waals surface area contributed by atoms with E-state index in [0.717, 1.165) is 6.61 Å². The number of ether oxygens (including phenoxy) is 2. The molecule has 0 spiro atoms. The maximum Gasteiger partial charge on any atom is 0.0939 e. The van der Waals surface area contributed by atoms with E-state index >= 15 is 0 Å². The Hall–Kier alpha value is -0.0800. The Balaban J connectivity index is 2.04. The molecular formula is C10H18O2. The first-order chi connectivity index (χ1) is 5.87. The van der Waals surface area contributed by atoms with Gasteiger partial charge in [0.25, 0.3) is 0 Å². The third-order valence-electron chi connectivity index (χ3n) is 3.37. The third kappa shape index (κ3) is 1.27. The van der Waals surface area contributed by atoms with Crippen LogP contribution in [0.1, 0.15) is 38.5 Å². The van der Waals surface area contributed by atoms with Gasteiger partial charge < -0.3 is 9.47 Å². The Bertz CT molecular complexity index is 144. The minimum absolute atomic E-state index is 0.0938. The fourth-order valence-electron chi connectivity index (χ4n) is 2.62. The van der Waals surface area contributed by atoms with Gasteiger partial charge in [-0.15, -0.1) is 0 Å². The minimum Gasteiger partial charge on any atom is -0.376 e. The third-order valence-corrected chi connectivity index (χ3v) is 3.37. The largest absolute Gasteiger partial charge is 0.376 e. The van der Waals surface area contributed by atoms with E-state index in [1.54, 1.807) is 0 Å². The van der Waals surface area contributed by atoms with Gasteiger partial charge in [-0.05, 0) is 25.7 Å². The Morgan fingerprint density at radius 2 is 2.00 bits per heavy atom. The summed E-state index contributed by atoms with van der Waals surface area (Å²) in [6.07, 6.45) is 7.85. The van der Waals surface area contributed by atoms with Gasteiger partial charge in [0.1, 0.15) is 0 Å². The zero-order chi connectivity index (χ0) is 8.44. The smallest absolute Gasteiger partial charge is 0.0939 e. The van der Waals surface area contributed by atoms with Gasteiger partial charge in [0.2, 0.25) is 0 Å². The zero-order valence-electron chi connectivity index (χ0n) is 7.84. The van der Waals surface area contributed by atoms with E-state index in [1.165, 1.54) is 38.5 Å². The van der Waals surface area contributed by atoms with Gasteiger partial charge in [-0.3, -0.25) is 0 Å². The van der Waals surface area contributed by atoms with E-state index in [9.17, 15) is 0 Å². The second-order valence-corrected chi connectivity index (χ2v) is 3.98. The van der Waals surface area contributed by atoms with Gasteiger partial charge in [-0.25, -0.2) is 0 Å². The number of hydrogen-bond acceptors (Lipinski definition) is 2. The maximum absolute atomic E-state index is 5.71.